The number of carbonyl (C=O) groups is 1. The zero-order chi connectivity index (χ0) is 20.9. The predicted molar refractivity (Wildman–Crippen MR) is 116 cm³/mol. The number of hydrogen-bond acceptors (Lipinski definition) is 6. The van der Waals surface area contributed by atoms with Gasteiger partial charge < -0.3 is 10.1 Å². The summed E-state index contributed by atoms with van der Waals surface area (Å²) in [7, 11) is 1.58. The van der Waals surface area contributed by atoms with Crippen molar-refractivity contribution in [3.8, 4) is 17.0 Å². The zero-order valence-electron chi connectivity index (χ0n) is 16.6. The van der Waals surface area contributed by atoms with Crippen LogP contribution in [0.3, 0.4) is 0 Å². The molecule has 1 aromatic heterocycles. The summed E-state index contributed by atoms with van der Waals surface area (Å²) in [6.45, 7) is 0. The summed E-state index contributed by atoms with van der Waals surface area (Å²) in [5.74, 6) is 0.760. The fraction of sp³-hybridized carbons (Fsp3) is 0.273. The second-order valence-electron chi connectivity index (χ2n) is 7.04. The van der Waals surface area contributed by atoms with E-state index < -0.39 is 0 Å². The molecule has 1 heterocycles. The molecule has 8 heteroatoms. The molecule has 0 saturated carbocycles. The van der Waals surface area contributed by atoms with Crippen molar-refractivity contribution in [1.82, 2.24) is 20.5 Å². The molecule has 1 unspecified atom stereocenters. The third-order valence-corrected chi connectivity index (χ3v) is 5.95. The molecule has 0 radical (unpaired) electrons. The minimum atomic E-state index is -0.348. The van der Waals surface area contributed by atoms with Gasteiger partial charge >= 0.3 is 0 Å². The molecule has 1 aliphatic carbocycles. The molecule has 2 N–H and O–H groups in total. The lowest BCUT2D eigenvalue weighted by Crippen LogP contribution is -2.32. The standard InChI is InChI=1S/C22H22N4O3S/c1-29-16-11-9-15(10-12-16)20-21(28)24-22(26-25-20)30-13-19(27)23-18-8-4-6-14-5-2-3-7-17(14)18/h2-3,5,7,9-12,18H,4,6,8,13H2,1H3,(H,23,27)(H,24,26,28). The molecule has 0 saturated heterocycles. The second-order valence-corrected chi connectivity index (χ2v) is 8.00. The normalized spacial score (nSPS) is 15.3. The van der Waals surface area contributed by atoms with Crippen LogP contribution in [-0.4, -0.2) is 34.0 Å². The second kappa shape index (κ2) is 9.13. The summed E-state index contributed by atoms with van der Waals surface area (Å²) in [6, 6.07) is 15.3. The average Bonchev–Trinajstić information content (AvgIpc) is 2.78. The van der Waals surface area contributed by atoms with Crippen molar-refractivity contribution < 1.29 is 9.53 Å². The monoisotopic (exact) mass is 422 g/mol. The molecule has 0 aliphatic heterocycles. The van der Waals surface area contributed by atoms with E-state index in [0.717, 1.165) is 31.0 Å². The number of carbonyl (C=O) groups excluding carboxylic acids is 1. The third-order valence-electron chi connectivity index (χ3n) is 5.08. The van der Waals surface area contributed by atoms with E-state index in [-0.39, 0.29) is 29.0 Å². The Hall–Kier alpha value is -3.13. The van der Waals surface area contributed by atoms with Crippen molar-refractivity contribution in [2.75, 3.05) is 12.9 Å². The SMILES string of the molecule is COc1ccc(-c2nnc(SCC(=O)NC3CCCc4ccccc43)[nH]c2=O)cc1. The smallest absolute Gasteiger partial charge is 0.278 e. The molecular formula is C22H22N4O3S. The third kappa shape index (κ3) is 4.54. The largest absolute Gasteiger partial charge is 0.497 e. The van der Waals surface area contributed by atoms with Gasteiger partial charge in [-0.3, -0.25) is 14.6 Å². The lowest BCUT2D eigenvalue weighted by molar-refractivity contribution is -0.119. The number of H-pyrrole nitrogens is 1. The van der Waals surface area contributed by atoms with Crippen LogP contribution in [-0.2, 0) is 11.2 Å². The van der Waals surface area contributed by atoms with Gasteiger partial charge in [-0.05, 0) is 54.7 Å². The number of aromatic nitrogens is 3. The van der Waals surface area contributed by atoms with Crippen molar-refractivity contribution >= 4 is 17.7 Å². The molecule has 0 fully saturated rings. The average molecular weight is 423 g/mol. The molecule has 0 bridgehead atoms. The quantitative estimate of drug-likeness (QED) is 0.593. The Kier molecular flexibility index (Phi) is 6.13. The van der Waals surface area contributed by atoms with Gasteiger partial charge in [0.15, 0.2) is 10.9 Å². The van der Waals surface area contributed by atoms with E-state index in [1.807, 2.05) is 12.1 Å². The van der Waals surface area contributed by atoms with Gasteiger partial charge in [-0.2, -0.15) is 0 Å². The van der Waals surface area contributed by atoms with Crippen molar-refractivity contribution in [2.45, 2.75) is 30.5 Å². The van der Waals surface area contributed by atoms with Crippen LogP contribution in [0.25, 0.3) is 11.3 Å². The molecule has 2 aromatic carbocycles. The Balaban J connectivity index is 1.38. The highest BCUT2D eigenvalue weighted by Crippen LogP contribution is 2.29. The van der Waals surface area contributed by atoms with Gasteiger partial charge in [0.2, 0.25) is 5.91 Å². The molecule has 1 amide bonds. The number of hydrogen-bond donors (Lipinski definition) is 2. The van der Waals surface area contributed by atoms with Crippen LogP contribution in [0.5, 0.6) is 5.75 Å². The number of thioether (sulfide) groups is 1. The summed E-state index contributed by atoms with van der Waals surface area (Å²) in [5.41, 5.74) is 3.02. The lowest BCUT2D eigenvalue weighted by Gasteiger charge is -2.26. The molecule has 7 nitrogen and oxygen atoms in total. The number of nitrogens with one attached hydrogen (secondary N) is 2. The summed E-state index contributed by atoms with van der Waals surface area (Å²) in [4.78, 5) is 27.5. The van der Waals surface area contributed by atoms with Gasteiger partial charge in [-0.15, -0.1) is 10.2 Å². The Morgan fingerprint density at radius 1 is 1.20 bits per heavy atom. The first-order valence-electron chi connectivity index (χ1n) is 9.75. The Bertz CT molecular complexity index is 1100. The van der Waals surface area contributed by atoms with E-state index in [2.05, 4.69) is 32.6 Å². The molecule has 0 spiro atoms. The van der Waals surface area contributed by atoms with E-state index in [4.69, 9.17) is 4.74 Å². The number of rotatable bonds is 6. The number of nitrogens with zero attached hydrogens (tertiary/aromatic N) is 2. The van der Waals surface area contributed by atoms with E-state index in [1.165, 1.54) is 11.1 Å². The highest BCUT2D eigenvalue weighted by Gasteiger charge is 2.21. The summed E-state index contributed by atoms with van der Waals surface area (Å²) in [5, 5.41) is 11.5. The van der Waals surface area contributed by atoms with Crippen LogP contribution in [0.4, 0.5) is 0 Å². The van der Waals surface area contributed by atoms with Crippen LogP contribution in [0.15, 0.2) is 58.5 Å². The summed E-state index contributed by atoms with van der Waals surface area (Å²) >= 11 is 1.16. The van der Waals surface area contributed by atoms with Crippen LogP contribution in [0.2, 0.25) is 0 Å². The van der Waals surface area contributed by atoms with E-state index in [0.29, 0.717) is 16.5 Å². The molecule has 3 aromatic rings. The van der Waals surface area contributed by atoms with Crippen molar-refractivity contribution in [3.63, 3.8) is 0 Å². The molecule has 154 valence electrons. The van der Waals surface area contributed by atoms with Gasteiger partial charge in [0, 0.05) is 5.56 Å². The first kappa shape index (κ1) is 20.2. The molecular weight excluding hydrogens is 400 g/mol. The maximum absolute atomic E-state index is 12.4. The first-order chi connectivity index (χ1) is 14.6. The maximum Gasteiger partial charge on any atom is 0.278 e. The van der Waals surface area contributed by atoms with Crippen molar-refractivity contribution in [1.29, 1.82) is 0 Å². The zero-order valence-corrected chi connectivity index (χ0v) is 17.4. The van der Waals surface area contributed by atoms with E-state index >= 15 is 0 Å². The number of aryl methyl sites for hydroxylation is 1. The molecule has 30 heavy (non-hydrogen) atoms. The molecule has 4 rings (SSSR count). The van der Waals surface area contributed by atoms with Gasteiger partial charge in [0.1, 0.15) is 5.75 Å². The minimum absolute atomic E-state index is 0.0330. The van der Waals surface area contributed by atoms with Crippen LogP contribution in [0, 0.1) is 0 Å². The maximum atomic E-state index is 12.4. The summed E-state index contributed by atoms with van der Waals surface area (Å²) < 4.78 is 5.12. The highest BCUT2D eigenvalue weighted by molar-refractivity contribution is 7.99. The van der Waals surface area contributed by atoms with Crippen LogP contribution >= 0.6 is 11.8 Å². The minimum Gasteiger partial charge on any atom is -0.497 e. The van der Waals surface area contributed by atoms with Crippen molar-refractivity contribution in [3.05, 3.63) is 70.0 Å². The van der Waals surface area contributed by atoms with Crippen molar-refractivity contribution in [2.24, 2.45) is 0 Å². The number of ether oxygens (including phenoxy) is 1. The highest BCUT2D eigenvalue weighted by atomic mass is 32.2. The molecule has 1 atom stereocenters. The number of amides is 1. The van der Waals surface area contributed by atoms with Crippen LogP contribution < -0.4 is 15.6 Å². The Morgan fingerprint density at radius 2 is 2.00 bits per heavy atom. The predicted octanol–water partition coefficient (Wildman–Crippen LogP) is 3.13. The van der Waals surface area contributed by atoms with Gasteiger partial charge in [-0.25, -0.2) is 0 Å². The van der Waals surface area contributed by atoms with Gasteiger partial charge in [-0.1, -0.05) is 36.0 Å². The summed E-state index contributed by atoms with van der Waals surface area (Å²) in [6.07, 6.45) is 3.04. The first-order valence-corrected chi connectivity index (χ1v) is 10.7. The lowest BCUT2D eigenvalue weighted by atomic mass is 9.88. The van der Waals surface area contributed by atoms with E-state index in [9.17, 15) is 9.59 Å². The Morgan fingerprint density at radius 3 is 2.77 bits per heavy atom. The number of benzene rings is 2. The Labute approximate surface area is 178 Å². The number of fused-ring (bicyclic) bond motifs is 1. The van der Waals surface area contributed by atoms with Gasteiger partial charge in [0.25, 0.3) is 5.56 Å². The fourth-order valence-electron chi connectivity index (χ4n) is 3.60. The van der Waals surface area contributed by atoms with E-state index in [1.54, 1.807) is 31.4 Å². The number of aromatic amines is 1. The fourth-order valence-corrected chi connectivity index (χ4v) is 4.21. The van der Waals surface area contributed by atoms with Gasteiger partial charge in [0.05, 0.1) is 18.9 Å². The topological polar surface area (TPSA) is 97.0 Å². The molecule has 1 aliphatic rings. The number of methoxy groups -OCH3 is 1. The van der Waals surface area contributed by atoms with Crippen LogP contribution in [0.1, 0.15) is 30.0 Å².